The number of benzene rings is 1. The second-order valence-electron chi connectivity index (χ2n) is 4.53. The molecule has 2 N–H and O–H groups in total. The molecule has 10 heteroatoms. The number of aryl methyl sites for hydroxylation is 1. The van der Waals surface area contributed by atoms with Crippen molar-refractivity contribution in [1.82, 2.24) is 0 Å². The molecular weight excluding hydrogens is 363 g/mol. The highest BCUT2D eigenvalue weighted by atomic mass is 35.7. The number of ether oxygens (including phenoxy) is 1. The second kappa shape index (κ2) is 8.88. The Balaban J connectivity index is 0.000000505. The smallest absolute Gasteiger partial charge is 0.233 e. The average molecular weight is 379 g/mol. The van der Waals surface area contributed by atoms with Gasteiger partial charge in [0.2, 0.25) is 11.9 Å². The van der Waals surface area contributed by atoms with Crippen LogP contribution in [0.5, 0.6) is 5.75 Å². The van der Waals surface area contributed by atoms with E-state index in [0.717, 1.165) is 11.3 Å². The third-order valence-electron chi connectivity index (χ3n) is 2.74. The number of halogens is 2. The van der Waals surface area contributed by atoms with Crippen molar-refractivity contribution in [3.8, 4) is 5.75 Å². The fraction of sp³-hybridized carbons (Fsp3) is 0.214. The van der Waals surface area contributed by atoms with Crippen LogP contribution in [0.15, 0.2) is 36.5 Å². The van der Waals surface area contributed by atoms with Crippen LogP contribution in [0.3, 0.4) is 0 Å². The van der Waals surface area contributed by atoms with E-state index >= 15 is 0 Å². The summed E-state index contributed by atoms with van der Waals surface area (Å²) in [6.45, 7) is 2.28. The molecule has 1 aromatic heterocycles. The third kappa shape index (κ3) is 7.64. The van der Waals surface area contributed by atoms with E-state index in [9.17, 15) is 0 Å². The summed E-state index contributed by atoms with van der Waals surface area (Å²) >= 11 is 5.90. The fourth-order valence-electron chi connectivity index (χ4n) is 1.73. The predicted molar refractivity (Wildman–Crippen MR) is 74.1 cm³/mol. The van der Waals surface area contributed by atoms with E-state index < -0.39 is 10.2 Å². The normalized spacial score (nSPS) is 10.6. The van der Waals surface area contributed by atoms with Crippen LogP contribution in [0.4, 0.5) is 5.69 Å². The Labute approximate surface area is 145 Å². The van der Waals surface area contributed by atoms with Crippen molar-refractivity contribution in [2.45, 2.75) is 13.5 Å². The molecule has 2 rings (SSSR count). The summed E-state index contributed by atoms with van der Waals surface area (Å²) < 4.78 is 41.3. The molecule has 0 saturated carbocycles. The molecule has 0 unspecified atom stereocenters. The number of hydrogen-bond acceptors (Lipinski definition) is 7. The van der Waals surface area contributed by atoms with E-state index in [0.29, 0.717) is 23.1 Å². The van der Waals surface area contributed by atoms with E-state index in [2.05, 4.69) is 0 Å². The fourth-order valence-corrected chi connectivity index (χ4v) is 1.91. The summed E-state index contributed by atoms with van der Waals surface area (Å²) in [6, 6.07) is 9.09. The second-order valence-corrected chi connectivity index (χ2v) is 5.72. The number of hydrogen-bond donors (Lipinski definition) is 1. The van der Waals surface area contributed by atoms with E-state index in [1.165, 1.54) is 0 Å². The van der Waals surface area contributed by atoms with Gasteiger partial charge in [-0.05, 0) is 18.2 Å². The van der Waals surface area contributed by atoms with E-state index in [1.807, 2.05) is 31.3 Å². The molecule has 132 valence electrons. The molecule has 0 atom stereocenters. The molecule has 0 aliphatic carbocycles. The first-order valence-corrected chi connectivity index (χ1v) is 8.06. The van der Waals surface area contributed by atoms with Crippen molar-refractivity contribution in [3.05, 3.63) is 52.8 Å². The highest BCUT2D eigenvalue weighted by Crippen LogP contribution is 2.19. The van der Waals surface area contributed by atoms with Gasteiger partial charge >= 0.3 is 0 Å². The maximum absolute atomic E-state index is 8.49. The van der Waals surface area contributed by atoms with Crippen LogP contribution in [-0.4, -0.2) is 7.11 Å². The van der Waals surface area contributed by atoms with Gasteiger partial charge in [-0.1, -0.05) is 17.7 Å². The lowest BCUT2D eigenvalue weighted by atomic mass is 10.2. The summed E-state index contributed by atoms with van der Waals surface area (Å²) in [5, 5.41) is 0.640. The highest BCUT2D eigenvalue weighted by molar-refractivity contribution is 6.30. The van der Waals surface area contributed by atoms with Crippen molar-refractivity contribution < 1.29 is 43.2 Å². The first kappa shape index (κ1) is 20.2. The topological polar surface area (TPSA) is 141 Å². The van der Waals surface area contributed by atoms with Gasteiger partial charge in [0.25, 0.3) is 0 Å². The van der Waals surface area contributed by atoms with Gasteiger partial charge in [0.15, 0.2) is 0 Å². The molecule has 0 aliphatic heterocycles. The monoisotopic (exact) mass is 378 g/mol. The number of rotatable bonds is 4. The summed E-state index contributed by atoms with van der Waals surface area (Å²) in [5.74, 6) is 0.705. The zero-order valence-corrected chi connectivity index (χ0v) is 14.4. The minimum atomic E-state index is -4.94. The Hall–Kier alpha value is -1.81. The van der Waals surface area contributed by atoms with Crippen LogP contribution in [0.25, 0.3) is 0 Å². The highest BCUT2D eigenvalue weighted by Gasteiger charge is 2.13. The van der Waals surface area contributed by atoms with Gasteiger partial charge in [0.1, 0.15) is 19.5 Å². The predicted octanol–water partition coefficient (Wildman–Crippen LogP) is -2.60. The molecule has 24 heavy (non-hydrogen) atoms. The van der Waals surface area contributed by atoms with Gasteiger partial charge in [-0.15, -0.1) is 10.2 Å². The van der Waals surface area contributed by atoms with Crippen molar-refractivity contribution in [2.75, 3.05) is 12.8 Å². The Bertz CT molecular complexity index is 673. The molecule has 0 radical (unpaired) electrons. The van der Waals surface area contributed by atoms with Crippen LogP contribution in [0.2, 0.25) is 5.02 Å². The molecule has 0 bridgehead atoms. The maximum Gasteiger partial charge on any atom is 0.233 e. The summed E-state index contributed by atoms with van der Waals surface area (Å²) in [6.07, 6.45) is 1.81. The van der Waals surface area contributed by atoms with Gasteiger partial charge in [-0.25, -0.2) is 18.6 Å². The lowest BCUT2D eigenvalue weighted by Crippen LogP contribution is -2.68. The molecule has 0 fully saturated rings. The van der Waals surface area contributed by atoms with Gasteiger partial charge in [-0.3, -0.25) is 4.84 Å². The van der Waals surface area contributed by atoms with Crippen LogP contribution in [-0.2, 0) is 6.61 Å². The SMILES string of the molecule is CO[n+]1cc(COc2cccc(Cl)c2)c(N)cc1C.[O-][Cl+3]([O-])([O-])[O-]. The molecule has 0 saturated heterocycles. The minimum absolute atomic E-state index is 0.357. The van der Waals surface area contributed by atoms with Crippen molar-refractivity contribution in [3.63, 3.8) is 0 Å². The molecule has 1 heterocycles. The first-order valence-electron chi connectivity index (χ1n) is 6.45. The summed E-state index contributed by atoms with van der Waals surface area (Å²) in [5.41, 5.74) is 8.41. The van der Waals surface area contributed by atoms with Gasteiger partial charge in [0, 0.05) is 22.7 Å². The van der Waals surface area contributed by atoms with Crippen LogP contribution in [0, 0.1) is 17.2 Å². The standard InChI is InChI=1S/C14H15ClN2O2.ClHO4/c1-10-6-14(16)11(8-17(10)18-2)9-19-13-5-3-4-12(15)7-13;2-1(3,4)5/h3-8,16H,9H2,1-2H3;(H,2,3,4,5). The van der Waals surface area contributed by atoms with Crippen LogP contribution >= 0.6 is 11.6 Å². The summed E-state index contributed by atoms with van der Waals surface area (Å²) in [7, 11) is -3.34. The lowest BCUT2D eigenvalue weighted by molar-refractivity contribution is -2.00. The zero-order chi connectivity index (χ0) is 18.3. The van der Waals surface area contributed by atoms with E-state index in [4.69, 9.17) is 45.5 Å². The largest absolute Gasteiger partial charge is 0.489 e. The Morgan fingerprint density at radius 3 is 2.38 bits per heavy atom. The van der Waals surface area contributed by atoms with Gasteiger partial charge in [-0.2, -0.15) is 0 Å². The average Bonchev–Trinajstić information content (AvgIpc) is 2.45. The number of aromatic nitrogens is 1. The van der Waals surface area contributed by atoms with Crippen molar-refractivity contribution >= 4 is 17.3 Å². The molecule has 0 spiro atoms. The first-order chi connectivity index (χ1) is 11.1. The molecule has 2 aromatic rings. The molecule has 8 nitrogen and oxygen atoms in total. The van der Waals surface area contributed by atoms with Gasteiger partial charge < -0.3 is 10.5 Å². The number of nitrogen functional groups attached to an aromatic ring is 1. The Morgan fingerprint density at radius 1 is 1.21 bits per heavy atom. The molecule has 0 amide bonds. The summed E-state index contributed by atoms with van der Waals surface area (Å²) in [4.78, 5) is 5.20. The molecule has 1 aromatic carbocycles. The van der Waals surface area contributed by atoms with Gasteiger partial charge in [0.05, 0.1) is 11.3 Å². The third-order valence-corrected chi connectivity index (χ3v) is 2.98. The number of nitrogens with two attached hydrogens (primary N) is 1. The Kier molecular flexibility index (Phi) is 7.49. The van der Waals surface area contributed by atoms with Crippen LogP contribution < -0.4 is 38.7 Å². The number of nitrogens with zero attached hydrogens (tertiary/aromatic N) is 1. The van der Waals surface area contributed by atoms with E-state index in [-0.39, 0.29) is 0 Å². The molecular formula is C14H16Cl2N2O6. The lowest BCUT2D eigenvalue weighted by Gasteiger charge is -2.17. The number of pyridine rings is 1. The molecule has 0 aliphatic rings. The van der Waals surface area contributed by atoms with Crippen LogP contribution in [0.1, 0.15) is 11.3 Å². The maximum atomic E-state index is 8.49. The number of anilines is 1. The Morgan fingerprint density at radius 2 is 1.83 bits per heavy atom. The quantitative estimate of drug-likeness (QED) is 0.574. The minimum Gasteiger partial charge on any atom is -0.489 e. The van der Waals surface area contributed by atoms with Crippen molar-refractivity contribution in [1.29, 1.82) is 0 Å². The van der Waals surface area contributed by atoms with E-state index in [1.54, 1.807) is 24.0 Å². The zero-order valence-electron chi connectivity index (χ0n) is 12.9. The van der Waals surface area contributed by atoms with Crippen molar-refractivity contribution in [2.24, 2.45) is 0 Å².